The van der Waals surface area contributed by atoms with Gasteiger partial charge in [-0.15, -0.1) is 0 Å². The average Bonchev–Trinajstić information content (AvgIpc) is 2.73. The zero-order valence-electron chi connectivity index (χ0n) is 15.8. The monoisotopic (exact) mass is 416 g/mol. The van der Waals surface area contributed by atoms with Crippen LogP contribution < -0.4 is 10.2 Å². The second-order valence-electron chi connectivity index (χ2n) is 7.11. The van der Waals surface area contributed by atoms with E-state index in [0.29, 0.717) is 5.56 Å². The molecule has 0 amide bonds. The van der Waals surface area contributed by atoms with Crippen LogP contribution in [-0.2, 0) is 4.74 Å². The van der Waals surface area contributed by atoms with E-state index in [2.05, 4.69) is 0 Å². The van der Waals surface area contributed by atoms with Crippen LogP contribution >= 0.6 is 0 Å². The molecule has 1 aliphatic heterocycles. The van der Waals surface area contributed by atoms with E-state index >= 15 is 0 Å². The van der Waals surface area contributed by atoms with Gasteiger partial charge in [0.25, 0.3) is 0 Å². The highest BCUT2D eigenvalue weighted by Crippen LogP contribution is 2.36. The third kappa shape index (κ3) is 3.37. The number of phenolic OH excluding ortho intramolecular Hbond substituents is 2. The maximum Gasteiger partial charge on any atom is 0.229 e. The number of aliphatic hydroxyl groups is 3. The van der Waals surface area contributed by atoms with Crippen LogP contribution in [0.4, 0.5) is 0 Å². The zero-order valence-corrected chi connectivity index (χ0v) is 15.8. The SMILES string of the molecule is C[C@@H]1O[C@H](Oc2ccc3c(=O)c(-c4ccc(O)cc4)coc3c2O)[C@H](O)[C@H](O)[C@H]1O. The van der Waals surface area contributed by atoms with E-state index in [1.807, 2.05) is 0 Å². The summed E-state index contributed by atoms with van der Waals surface area (Å²) >= 11 is 0. The van der Waals surface area contributed by atoms with Gasteiger partial charge in [-0.2, -0.15) is 0 Å². The Hall–Kier alpha value is -3.11. The predicted molar refractivity (Wildman–Crippen MR) is 104 cm³/mol. The Morgan fingerprint density at radius 1 is 0.933 bits per heavy atom. The van der Waals surface area contributed by atoms with Crippen LogP contribution in [0.2, 0.25) is 0 Å². The molecule has 9 nitrogen and oxygen atoms in total. The summed E-state index contributed by atoms with van der Waals surface area (Å²) in [4.78, 5) is 12.8. The van der Waals surface area contributed by atoms with Crippen molar-refractivity contribution in [1.82, 2.24) is 0 Å². The zero-order chi connectivity index (χ0) is 21.6. The summed E-state index contributed by atoms with van der Waals surface area (Å²) < 4.78 is 16.3. The number of fused-ring (bicyclic) bond motifs is 1. The summed E-state index contributed by atoms with van der Waals surface area (Å²) in [6, 6.07) is 8.71. The first-order valence-corrected chi connectivity index (χ1v) is 9.21. The van der Waals surface area contributed by atoms with Gasteiger partial charge in [0.2, 0.25) is 17.5 Å². The minimum Gasteiger partial charge on any atom is -0.508 e. The lowest BCUT2D eigenvalue weighted by atomic mass is 10.00. The number of ether oxygens (including phenoxy) is 2. The van der Waals surface area contributed by atoms with Crippen molar-refractivity contribution in [3.05, 3.63) is 52.9 Å². The first kappa shape index (κ1) is 20.2. The minimum atomic E-state index is -1.56. The number of hydrogen-bond donors (Lipinski definition) is 5. The summed E-state index contributed by atoms with van der Waals surface area (Å²) in [5, 5.41) is 49.8. The number of aliphatic hydroxyl groups excluding tert-OH is 3. The van der Waals surface area contributed by atoms with Crippen molar-refractivity contribution in [2.24, 2.45) is 0 Å². The fourth-order valence-electron chi connectivity index (χ4n) is 3.34. The molecule has 0 aliphatic carbocycles. The lowest BCUT2D eigenvalue weighted by Gasteiger charge is -2.38. The van der Waals surface area contributed by atoms with Crippen molar-refractivity contribution in [2.75, 3.05) is 0 Å². The molecule has 158 valence electrons. The normalized spacial score (nSPS) is 26.6. The number of phenols is 2. The van der Waals surface area contributed by atoms with E-state index in [4.69, 9.17) is 13.9 Å². The maximum absolute atomic E-state index is 12.8. The van der Waals surface area contributed by atoms with Crippen molar-refractivity contribution in [3.8, 4) is 28.4 Å². The number of hydrogen-bond acceptors (Lipinski definition) is 9. The lowest BCUT2D eigenvalue weighted by molar-refractivity contribution is -0.268. The Bertz CT molecular complexity index is 1120. The van der Waals surface area contributed by atoms with Crippen LogP contribution in [0.5, 0.6) is 17.2 Å². The second-order valence-corrected chi connectivity index (χ2v) is 7.11. The minimum absolute atomic E-state index is 0.0578. The highest BCUT2D eigenvalue weighted by Gasteiger charge is 2.43. The van der Waals surface area contributed by atoms with Gasteiger partial charge < -0.3 is 39.4 Å². The Balaban J connectivity index is 1.69. The van der Waals surface area contributed by atoms with E-state index in [1.54, 1.807) is 12.1 Å². The number of rotatable bonds is 3. The topological polar surface area (TPSA) is 150 Å². The molecule has 0 saturated carbocycles. The average molecular weight is 416 g/mol. The van der Waals surface area contributed by atoms with Gasteiger partial charge in [-0.25, -0.2) is 0 Å². The van der Waals surface area contributed by atoms with Gasteiger partial charge in [-0.1, -0.05) is 12.1 Å². The molecule has 2 aromatic carbocycles. The molecular weight excluding hydrogens is 396 g/mol. The van der Waals surface area contributed by atoms with Crippen LogP contribution in [0.25, 0.3) is 22.1 Å². The molecule has 5 N–H and O–H groups in total. The second kappa shape index (κ2) is 7.62. The van der Waals surface area contributed by atoms with Crippen LogP contribution in [0.15, 0.2) is 51.9 Å². The third-order valence-corrected chi connectivity index (χ3v) is 5.11. The standard InChI is InChI=1S/C21H20O9/c1-9-15(23)18(26)19(27)21(29-9)30-14-7-6-12-16(24)13(8-28-20(12)17(14)25)10-2-4-11(22)5-3-10/h2-9,15,18-19,21-23,25-27H,1H3/t9-,15-,18+,19+,21+/m0/s1. The molecule has 9 heteroatoms. The fraction of sp³-hybridized carbons (Fsp3) is 0.286. The summed E-state index contributed by atoms with van der Waals surface area (Å²) in [5.74, 6) is -0.559. The molecule has 1 saturated heterocycles. The molecule has 1 aliphatic rings. The van der Waals surface area contributed by atoms with E-state index in [-0.39, 0.29) is 28.0 Å². The highest BCUT2D eigenvalue weighted by atomic mass is 16.7. The van der Waals surface area contributed by atoms with Gasteiger partial charge in [0.05, 0.1) is 17.1 Å². The first-order valence-electron chi connectivity index (χ1n) is 9.21. The summed E-state index contributed by atoms with van der Waals surface area (Å²) in [6.45, 7) is 1.50. The fourth-order valence-corrected chi connectivity index (χ4v) is 3.34. The molecular formula is C21H20O9. The quantitative estimate of drug-likeness (QED) is 0.423. The molecule has 0 spiro atoms. The molecule has 0 unspecified atom stereocenters. The van der Waals surface area contributed by atoms with Gasteiger partial charge in [0.15, 0.2) is 11.3 Å². The maximum atomic E-state index is 12.8. The van der Waals surface area contributed by atoms with Crippen LogP contribution in [0, 0.1) is 0 Å². The molecule has 0 bridgehead atoms. The lowest BCUT2D eigenvalue weighted by Crippen LogP contribution is -2.58. The first-order chi connectivity index (χ1) is 14.3. The van der Waals surface area contributed by atoms with E-state index < -0.39 is 41.9 Å². The molecule has 2 heterocycles. The smallest absolute Gasteiger partial charge is 0.229 e. The van der Waals surface area contributed by atoms with Crippen LogP contribution in [0.3, 0.4) is 0 Å². The van der Waals surface area contributed by atoms with Crippen molar-refractivity contribution < 1.29 is 39.4 Å². The van der Waals surface area contributed by atoms with Crippen LogP contribution in [0.1, 0.15) is 6.92 Å². The molecule has 30 heavy (non-hydrogen) atoms. The van der Waals surface area contributed by atoms with Gasteiger partial charge in [-0.05, 0) is 36.8 Å². The summed E-state index contributed by atoms with van der Waals surface area (Å²) in [7, 11) is 0. The Morgan fingerprint density at radius 2 is 1.63 bits per heavy atom. The van der Waals surface area contributed by atoms with Crippen molar-refractivity contribution in [1.29, 1.82) is 0 Å². The summed E-state index contributed by atoms with van der Waals surface area (Å²) in [6.07, 6.45) is -5.33. The van der Waals surface area contributed by atoms with Gasteiger partial charge in [0.1, 0.15) is 30.3 Å². The molecule has 4 rings (SSSR count). The Labute approximate surface area is 170 Å². The van der Waals surface area contributed by atoms with Crippen molar-refractivity contribution >= 4 is 11.0 Å². The molecule has 3 aromatic rings. The van der Waals surface area contributed by atoms with Gasteiger partial charge in [-0.3, -0.25) is 4.79 Å². The Kier molecular flexibility index (Phi) is 5.12. The number of aromatic hydroxyl groups is 2. The third-order valence-electron chi connectivity index (χ3n) is 5.11. The predicted octanol–water partition coefficient (Wildman–Crippen LogP) is 1.08. The highest BCUT2D eigenvalue weighted by molar-refractivity contribution is 5.87. The van der Waals surface area contributed by atoms with Gasteiger partial charge in [0, 0.05) is 0 Å². The van der Waals surface area contributed by atoms with Crippen molar-refractivity contribution in [2.45, 2.75) is 37.6 Å². The Morgan fingerprint density at radius 3 is 2.33 bits per heavy atom. The van der Waals surface area contributed by atoms with E-state index in [9.17, 15) is 30.3 Å². The van der Waals surface area contributed by atoms with E-state index in [0.717, 1.165) is 0 Å². The number of benzene rings is 2. The van der Waals surface area contributed by atoms with Gasteiger partial charge >= 0.3 is 0 Å². The summed E-state index contributed by atoms with van der Waals surface area (Å²) in [5.41, 5.74) is 0.250. The molecule has 1 aromatic heterocycles. The largest absolute Gasteiger partial charge is 0.508 e. The van der Waals surface area contributed by atoms with Crippen LogP contribution in [-0.4, -0.2) is 56.2 Å². The molecule has 0 radical (unpaired) electrons. The molecule has 5 atom stereocenters. The van der Waals surface area contributed by atoms with Crippen molar-refractivity contribution in [3.63, 3.8) is 0 Å². The van der Waals surface area contributed by atoms with E-state index in [1.165, 1.54) is 37.5 Å². The molecule has 1 fully saturated rings.